The molecule has 2 aromatic rings. The summed E-state index contributed by atoms with van der Waals surface area (Å²) in [5.41, 5.74) is 7.97. The molecule has 0 saturated carbocycles. The zero-order valence-corrected chi connectivity index (χ0v) is 16.6. The van der Waals surface area contributed by atoms with Gasteiger partial charge in [0.1, 0.15) is 5.82 Å². The van der Waals surface area contributed by atoms with Crippen LogP contribution in [-0.4, -0.2) is 57.3 Å². The lowest BCUT2D eigenvalue weighted by Crippen LogP contribution is -2.38. The van der Waals surface area contributed by atoms with E-state index in [1.54, 1.807) is 4.90 Å². The van der Waals surface area contributed by atoms with E-state index in [1.165, 1.54) is 5.56 Å². The number of carbonyl (C=O) groups excluding carboxylic acids is 1. The SMILES string of the molecule is CCc1ccccc1Nc1nc(N)nc(CN(C)CC(=O)N(CC)CC)n1. The summed E-state index contributed by atoms with van der Waals surface area (Å²) in [4.78, 5) is 28.8. The molecule has 0 unspecified atom stereocenters. The Kier molecular flexibility index (Phi) is 7.48. The Hall–Kier alpha value is -2.74. The number of nitrogens with zero attached hydrogens (tertiary/aromatic N) is 5. The summed E-state index contributed by atoms with van der Waals surface area (Å²) < 4.78 is 0. The molecule has 27 heavy (non-hydrogen) atoms. The number of hydrogen-bond donors (Lipinski definition) is 2. The normalized spacial score (nSPS) is 10.9. The highest BCUT2D eigenvalue weighted by molar-refractivity contribution is 5.78. The molecule has 0 saturated heterocycles. The molecular weight excluding hydrogens is 342 g/mol. The fourth-order valence-corrected chi connectivity index (χ4v) is 2.84. The fourth-order valence-electron chi connectivity index (χ4n) is 2.84. The molecule has 3 N–H and O–H groups in total. The van der Waals surface area contributed by atoms with Gasteiger partial charge in [-0.05, 0) is 38.9 Å². The summed E-state index contributed by atoms with van der Waals surface area (Å²) >= 11 is 0. The first kappa shape index (κ1) is 20.6. The number of nitrogen functional groups attached to an aromatic ring is 1. The summed E-state index contributed by atoms with van der Waals surface area (Å²) in [6.45, 7) is 8.15. The smallest absolute Gasteiger partial charge is 0.236 e. The van der Waals surface area contributed by atoms with Crippen molar-refractivity contribution >= 4 is 23.5 Å². The van der Waals surface area contributed by atoms with Crippen LogP contribution < -0.4 is 11.1 Å². The number of aryl methyl sites for hydroxylation is 1. The number of carbonyl (C=O) groups is 1. The van der Waals surface area contributed by atoms with Crippen molar-refractivity contribution in [2.24, 2.45) is 0 Å². The summed E-state index contributed by atoms with van der Waals surface area (Å²) in [5, 5.41) is 3.22. The molecule has 0 aliphatic carbocycles. The van der Waals surface area contributed by atoms with Gasteiger partial charge in [-0.3, -0.25) is 9.69 Å². The summed E-state index contributed by atoms with van der Waals surface area (Å²) in [6.07, 6.45) is 0.896. The molecule has 146 valence electrons. The number of anilines is 3. The first-order valence-electron chi connectivity index (χ1n) is 9.28. The van der Waals surface area contributed by atoms with E-state index in [-0.39, 0.29) is 11.9 Å². The number of amides is 1. The standard InChI is InChI=1S/C19H29N7O/c1-5-14-10-8-9-11-15(14)21-19-23-16(22-18(20)24-19)12-25(4)13-17(27)26(6-2)7-3/h8-11H,5-7,12-13H2,1-4H3,(H3,20,21,22,23,24). The topological polar surface area (TPSA) is 100 Å². The van der Waals surface area contributed by atoms with Crippen LogP contribution in [0.3, 0.4) is 0 Å². The Morgan fingerprint density at radius 2 is 1.81 bits per heavy atom. The summed E-state index contributed by atoms with van der Waals surface area (Å²) in [7, 11) is 1.86. The second kappa shape index (κ2) is 9.82. The Bertz CT molecular complexity index is 761. The maximum atomic E-state index is 12.2. The largest absolute Gasteiger partial charge is 0.368 e. The molecule has 0 bridgehead atoms. The van der Waals surface area contributed by atoms with Gasteiger partial charge in [0.15, 0.2) is 0 Å². The van der Waals surface area contributed by atoms with Crippen LogP contribution in [0, 0.1) is 0 Å². The van der Waals surface area contributed by atoms with Crippen molar-refractivity contribution in [3.63, 3.8) is 0 Å². The third-order valence-electron chi connectivity index (χ3n) is 4.28. The predicted molar refractivity (Wildman–Crippen MR) is 108 cm³/mol. The second-order valence-electron chi connectivity index (χ2n) is 6.31. The molecule has 1 aromatic heterocycles. The van der Waals surface area contributed by atoms with Crippen LogP contribution in [0.1, 0.15) is 32.2 Å². The summed E-state index contributed by atoms with van der Waals surface area (Å²) in [5.74, 6) is 1.16. The van der Waals surface area contributed by atoms with E-state index in [2.05, 4.69) is 33.3 Å². The molecule has 0 atom stereocenters. The molecule has 8 nitrogen and oxygen atoms in total. The zero-order chi connectivity index (χ0) is 19.8. The molecule has 1 amide bonds. The van der Waals surface area contributed by atoms with Gasteiger partial charge in [-0.2, -0.15) is 15.0 Å². The number of hydrogen-bond acceptors (Lipinski definition) is 7. The van der Waals surface area contributed by atoms with Crippen molar-refractivity contribution in [1.29, 1.82) is 0 Å². The first-order valence-corrected chi connectivity index (χ1v) is 9.28. The number of aromatic nitrogens is 3. The lowest BCUT2D eigenvalue weighted by Gasteiger charge is -2.22. The monoisotopic (exact) mass is 371 g/mol. The van der Waals surface area contributed by atoms with E-state index in [0.29, 0.717) is 38.0 Å². The average molecular weight is 371 g/mol. The molecular formula is C19H29N7O. The minimum atomic E-state index is 0.0831. The van der Waals surface area contributed by atoms with E-state index >= 15 is 0 Å². The van der Waals surface area contributed by atoms with Gasteiger partial charge in [-0.1, -0.05) is 25.1 Å². The van der Waals surface area contributed by atoms with E-state index in [9.17, 15) is 4.79 Å². The quantitative estimate of drug-likeness (QED) is 0.696. The van der Waals surface area contributed by atoms with Crippen LogP contribution in [0.5, 0.6) is 0 Å². The Morgan fingerprint density at radius 3 is 2.48 bits per heavy atom. The van der Waals surface area contributed by atoms with E-state index < -0.39 is 0 Å². The van der Waals surface area contributed by atoms with Gasteiger partial charge in [0, 0.05) is 18.8 Å². The van der Waals surface area contributed by atoms with Gasteiger partial charge in [0.25, 0.3) is 0 Å². The van der Waals surface area contributed by atoms with Gasteiger partial charge in [0.2, 0.25) is 17.8 Å². The number of nitrogens with one attached hydrogen (secondary N) is 1. The number of benzene rings is 1. The van der Waals surface area contributed by atoms with Gasteiger partial charge in [0.05, 0.1) is 13.1 Å². The van der Waals surface area contributed by atoms with Crippen molar-refractivity contribution in [3.8, 4) is 0 Å². The summed E-state index contributed by atoms with van der Waals surface area (Å²) in [6, 6.07) is 7.99. The molecule has 0 fully saturated rings. The number of likely N-dealkylation sites (N-methyl/N-ethyl adjacent to an activating group) is 2. The second-order valence-corrected chi connectivity index (χ2v) is 6.31. The third kappa shape index (κ3) is 5.89. The van der Waals surface area contributed by atoms with Crippen molar-refractivity contribution in [2.45, 2.75) is 33.7 Å². The number of rotatable bonds is 9. The van der Waals surface area contributed by atoms with E-state index in [4.69, 9.17) is 5.73 Å². The van der Waals surface area contributed by atoms with Gasteiger partial charge < -0.3 is 16.0 Å². The van der Waals surface area contributed by atoms with Crippen LogP contribution in [0.2, 0.25) is 0 Å². The molecule has 2 rings (SSSR count). The molecule has 0 radical (unpaired) electrons. The highest BCUT2D eigenvalue weighted by Gasteiger charge is 2.14. The molecule has 0 aliphatic heterocycles. The lowest BCUT2D eigenvalue weighted by atomic mass is 10.1. The van der Waals surface area contributed by atoms with Gasteiger partial charge in [-0.25, -0.2) is 0 Å². The highest BCUT2D eigenvalue weighted by atomic mass is 16.2. The Balaban J connectivity index is 2.09. The Morgan fingerprint density at radius 1 is 1.11 bits per heavy atom. The van der Waals surface area contributed by atoms with Crippen molar-refractivity contribution < 1.29 is 4.79 Å². The maximum absolute atomic E-state index is 12.2. The van der Waals surface area contributed by atoms with Crippen LogP contribution >= 0.6 is 0 Å². The lowest BCUT2D eigenvalue weighted by molar-refractivity contribution is -0.131. The van der Waals surface area contributed by atoms with Crippen LogP contribution in [-0.2, 0) is 17.8 Å². The Labute approximate surface area is 160 Å². The number of para-hydroxylation sites is 1. The van der Waals surface area contributed by atoms with E-state index in [0.717, 1.165) is 12.1 Å². The molecule has 0 aliphatic rings. The van der Waals surface area contributed by atoms with Crippen LogP contribution in [0.15, 0.2) is 24.3 Å². The highest BCUT2D eigenvalue weighted by Crippen LogP contribution is 2.19. The van der Waals surface area contributed by atoms with Crippen LogP contribution in [0.25, 0.3) is 0 Å². The zero-order valence-electron chi connectivity index (χ0n) is 16.6. The minimum Gasteiger partial charge on any atom is -0.368 e. The molecule has 8 heteroatoms. The average Bonchev–Trinajstić information content (AvgIpc) is 2.62. The third-order valence-corrected chi connectivity index (χ3v) is 4.28. The minimum absolute atomic E-state index is 0.0831. The molecule has 1 heterocycles. The number of nitrogens with two attached hydrogens (primary N) is 1. The fraction of sp³-hybridized carbons (Fsp3) is 0.474. The predicted octanol–water partition coefficient (Wildman–Crippen LogP) is 2.06. The van der Waals surface area contributed by atoms with Crippen molar-refractivity contribution in [3.05, 3.63) is 35.7 Å². The maximum Gasteiger partial charge on any atom is 0.236 e. The van der Waals surface area contributed by atoms with Crippen LogP contribution in [0.4, 0.5) is 17.6 Å². The van der Waals surface area contributed by atoms with Crippen molar-refractivity contribution in [2.75, 3.05) is 37.7 Å². The van der Waals surface area contributed by atoms with Crippen molar-refractivity contribution in [1.82, 2.24) is 24.8 Å². The molecule has 0 spiro atoms. The van der Waals surface area contributed by atoms with Gasteiger partial charge >= 0.3 is 0 Å². The van der Waals surface area contributed by atoms with E-state index in [1.807, 2.05) is 44.0 Å². The van der Waals surface area contributed by atoms with Gasteiger partial charge in [-0.15, -0.1) is 0 Å². The first-order chi connectivity index (χ1) is 13.0. The molecule has 1 aromatic carbocycles.